The Morgan fingerprint density at radius 2 is 2.17 bits per heavy atom. The first kappa shape index (κ1) is 13.5. The largest absolute Gasteiger partial charge is 0.381 e. The molecule has 1 unspecified atom stereocenters. The Morgan fingerprint density at radius 1 is 1.44 bits per heavy atom. The minimum absolute atomic E-state index is 0.292. The molecule has 18 heavy (non-hydrogen) atoms. The molecule has 1 aromatic heterocycles. The number of aromatic nitrogens is 3. The molecule has 0 spiro atoms. The van der Waals surface area contributed by atoms with Crippen molar-refractivity contribution in [2.24, 2.45) is 13.0 Å². The highest BCUT2D eigenvalue weighted by atomic mass is 16.5. The second-order valence-electron chi connectivity index (χ2n) is 5.48. The van der Waals surface area contributed by atoms with E-state index in [1.807, 2.05) is 11.7 Å². The lowest BCUT2D eigenvalue weighted by Crippen LogP contribution is -2.38. The van der Waals surface area contributed by atoms with Gasteiger partial charge in [-0.05, 0) is 25.2 Å². The summed E-state index contributed by atoms with van der Waals surface area (Å²) in [6.45, 7) is 6.22. The zero-order valence-electron chi connectivity index (χ0n) is 11.6. The van der Waals surface area contributed by atoms with Gasteiger partial charge in [-0.2, -0.15) is 5.10 Å². The maximum atomic E-state index is 5.40. The third-order valence-corrected chi connectivity index (χ3v) is 3.42. The molecule has 0 saturated carbocycles. The van der Waals surface area contributed by atoms with Gasteiger partial charge in [0.1, 0.15) is 12.2 Å². The smallest absolute Gasteiger partial charge is 0.143 e. The molecule has 2 heterocycles. The highest BCUT2D eigenvalue weighted by Crippen LogP contribution is 2.21. The summed E-state index contributed by atoms with van der Waals surface area (Å²) in [4.78, 5) is 4.39. The van der Waals surface area contributed by atoms with Crippen molar-refractivity contribution in [3.63, 3.8) is 0 Å². The SMILES string of the molecule is CC(C)CC(NC1CCOCC1)c1ncnn1C. The molecule has 102 valence electrons. The summed E-state index contributed by atoms with van der Waals surface area (Å²) in [6, 6.07) is 0.833. The predicted molar refractivity (Wildman–Crippen MR) is 70.2 cm³/mol. The molecule has 1 aliphatic rings. The fourth-order valence-electron chi connectivity index (χ4n) is 2.49. The van der Waals surface area contributed by atoms with E-state index < -0.39 is 0 Å². The summed E-state index contributed by atoms with van der Waals surface area (Å²) < 4.78 is 7.28. The van der Waals surface area contributed by atoms with E-state index >= 15 is 0 Å². The van der Waals surface area contributed by atoms with Crippen molar-refractivity contribution in [1.29, 1.82) is 0 Å². The number of aryl methyl sites for hydroxylation is 1. The van der Waals surface area contributed by atoms with Gasteiger partial charge in [0, 0.05) is 26.3 Å². The fourth-order valence-corrected chi connectivity index (χ4v) is 2.49. The Balaban J connectivity index is 2.02. The van der Waals surface area contributed by atoms with E-state index in [-0.39, 0.29) is 0 Å². The quantitative estimate of drug-likeness (QED) is 0.866. The molecule has 1 saturated heterocycles. The first-order chi connectivity index (χ1) is 8.66. The van der Waals surface area contributed by atoms with E-state index in [2.05, 4.69) is 29.2 Å². The van der Waals surface area contributed by atoms with Crippen LogP contribution in [0.4, 0.5) is 0 Å². The van der Waals surface area contributed by atoms with Gasteiger partial charge in [-0.15, -0.1) is 0 Å². The van der Waals surface area contributed by atoms with Crippen molar-refractivity contribution < 1.29 is 4.74 Å². The molecular weight excluding hydrogens is 228 g/mol. The summed E-state index contributed by atoms with van der Waals surface area (Å²) in [5.74, 6) is 1.68. The molecule has 0 amide bonds. The van der Waals surface area contributed by atoms with Crippen LogP contribution < -0.4 is 5.32 Å². The van der Waals surface area contributed by atoms with Gasteiger partial charge in [0.15, 0.2) is 0 Å². The maximum Gasteiger partial charge on any atom is 0.143 e. The second kappa shape index (κ2) is 6.29. The third-order valence-electron chi connectivity index (χ3n) is 3.42. The Labute approximate surface area is 109 Å². The van der Waals surface area contributed by atoms with Crippen LogP contribution in [-0.2, 0) is 11.8 Å². The van der Waals surface area contributed by atoms with Gasteiger partial charge in [0.25, 0.3) is 0 Å². The maximum absolute atomic E-state index is 5.40. The van der Waals surface area contributed by atoms with Gasteiger partial charge < -0.3 is 10.1 Å². The Hall–Kier alpha value is -0.940. The average molecular weight is 252 g/mol. The molecule has 1 aliphatic heterocycles. The highest BCUT2D eigenvalue weighted by Gasteiger charge is 2.23. The monoisotopic (exact) mass is 252 g/mol. The van der Waals surface area contributed by atoms with E-state index in [1.54, 1.807) is 6.33 Å². The van der Waals surface area contributed by atoms with E-state index in [0.29, 0.717) is 18.0 Å². The number of rotatable bonds is 5. The lowest BCUT2D eigenvalue weighted by atomic mass is 10.0. The molecule has 0 aromatic carbocycles. The van der Waals surface area contributed by atoms with Gasteiger partial charge in [0.2, 0.25) is 0 Å². The van der Waals surface area contributed by atoms with Crippen molar-refractivity contribution in [2.45, 2.75) is 45.2 Å². The Bertz CT molecular complexity index is 358. The van der Waals surface area contributed by atoms with Gasteiger partial charge in [-0.3, -0.25) is 4.68 Å². The number of nitrogens with zero attached hydrogens (tertiary/aromatic N) is 3. The number of hydrogen-bond acceptors (Lipinski definition) is 4. The lowest BCUT2D eigenvalue weighted by Gasteiger charge is -2.29. The van der Waals surface area contributed by atoms with E-state index in [4.69, 9.17) is 4.74 Å². The van der Waals surface area contributed by atoms with Crippen molar-refractivity contribution in [3.8, 4) is 0 Å². The van der Waals surface area contributed by atoms with Gasteiger partial charge >= 0.3 is 0 Å². The van der Waals surface area contributed by atoms with Crippen LogP contribution in [0.25, 0.3) is 0 Å². The predicted octanol–water partition coefficient (Wildman–Crippen LogP) is 1.67. The molecule has 0 radical (unpaired) electrons. The van der Waals surface area contributed by atoms with Crippen LogP contribution in [0, 0.1) is 5.92 Å². The fraction of sp³-hybridized carbons (Fsp3) is 0.846. The molecule has 1 fully saturated rings. The van der Waals surface area contributed by atoms with Crippen LogP contribution >= 0.6 is 0 Å². The molecule has 1 aromatic rings. The summed E-state index contributed by atoms with van der Waals surface area (Å²) in [5, 5.41) is 7.91. The molecule has 5 heteroatoms. The minimum atomic E-state index is 0.292. The summed E-state index contributed by atoms with van der Waals surface area (Å²) in [5.41, 5.74) is 0. The van der Waals surface area contributed by atoms with Crippen molar-refractivity contribution in [3.05, 3.63) is 12.2 Å². The second-order valence-corrected chi connectivity index (χ2v) is 5.48. The molecule has 1 N–H and O–H groups in total. The third kappa shape index (κ3) is 3.53. The van der Waals surface area contributed by atoms with Gasteiger partial charge in [0.05, 0.1) is 6.04 Å². The van der Waals surface area contributed by atoms with Crippen molar-refractivity contribution in [1.82, 2.24) is 20.1 Å². The normalized spacial score (nSPS) is 19.3. The van der Waals surface area contributed by atoms with Gasteiger partial charge in [-0.25, -0.2) is 4.98 Å². The van der Waals surface area contributed by atoms with Crippen LogP contribution in [-0.4, -0.2) is 34.0 Å². The van der Waals surface area contributed by atoms with Crippen LogP contribution in [0.15, 0.2) is 6.33 Å². The lowest BCUT2D eigenvalue weighted by molar-refractivity contribution is 0.0734. The zero-order valence-corrected chi connectivity index (χ0v) is 11.6. The van der Waals surface area contributed by atoms with E-state index in [1.165, 1.54) is 0 Å². The molecule has 2 rings (SSSR count). The molecule has 5 nitrogen and oxygen atoms in total. The van der Waals surface area contributed by atoms with Crippen LogP contribution in [0.3, 0.4) is 0 Å². The minimum Gasteiger partial charge on any atom is -0.381 e. The first-order valence-corrected chi connectivity index (χ1v) is 6.84. The van der Waals surface area contributed by atoms with Crippen molar-refractivity contribution >= 4 is 0 Å². The summed E-state index contributed by atoms with van der Waals surface area (Å²) >= 11 is 0. The summed E-state index contributed by atoms with van der Waals surface area (Å²) in [6.07, 6.45) is 4.90. The number of hydrogen-bond donors (Lipinski definition) is 1. The Kier molecular flexibility index (Phi) is 4.72. The van der Waals surface area contributed by atoms with Gasteiger partial charge in [-0.1, -0.05) is 13.8 Å². The van der Waals surface area contributed by atoms with Crippen LogP contribution in [0.5, 0.6) is 0 Å². The number of ether oxygens (including phenoxy) is 1. The molecule has 0 bridgehead atoms. The van der Waals surface area contributed by atoms with Crippen LogP contribution in [0.1, 0.15) is 45.0 Å². The van der Waals surface area contributed by atoms with Crippen molar-refractivity contribution in [2.75, 3.05) is 13.2 Å². The Morgan fingerprint density at radius 3 is 2.72 bits per heavy atom. The zero-order chi connectivity index (χ0) is 13.0. The topological polar surface area (TPSA) is 52.0 Å². The van der Waals surface area contributed by atoms with E-state index in [0.717, 1.165) is 38.3 Å². The summed E-state index contributed by atoms with van der Waals surface area (Å²) in [7, 11) is 1.96. The molecule has 0 aliphatic carbocycles. The highest BCUT2D eigenvalue weighted by molar-refractivity contribution is 4.95. The molecular formula is C13H24N4O. The molecule has 1 atom stereocenters. The average Bonchev–Trinajstić information content (AvgIpc) is 2.75. The first-order valence-electron chi connectivity index (χ1n) is 6.84. The standard InChI is InChI=1S/C13H24N4O/c1-10(2)8-12(13-14-9-15-17(13)3)16-11-4-6-18-7-5-11/h9-12,16H,4-8H2,1-3H3. The van der Waals surface area contributed by atoms with Crippen LogP contribution in [0.2, 0.25) is 0 Å². The van der Waals surface area contributed by atoms with E-state index in [9.17, 15) is 0 Å². The number of nitrogens with one attached hydrogen (secondary N) is 1.